The number of aliphatic hydroxyl groups is 1. The number of anilines is 1. The Morgan fingerprint density at radius 3 is 2.50 bits per heavy atom. The molecule has 2 N–H and O–H groups in total. The first kappa shape index (κ1) is 25.0. The van der Waals surface area contributed by atoms with E-state index in [1.807, 2.05) is 6.07 Å². The van der Waals surface area contributed by atoms with Crippen LogP contribution in [0.3, 0.4) is 0 Å². The van der Waals surface area contributed by atoms with Gasteiger partial charge in [-0.05, 0) is 30.3 Å². The normalized spacial score (nSPS) is 12.2. The quantitative estimate of drug-likeness (QED) is 0.259. The number of nitrogens with one attached hydrogen (secondary N) is 1. The van der Waals surface area contributed by atoms with E-state index < -0.39 is 17.4 Å². The fourth-order valence-corrected chi connectivity index (χ4v) is 3.76. The first-order chi connectivity index (χ1) is 17.3. The zero-order chi connectivity index (χ0) is 25.8. The number of hydrogen-bond donors (Lipinski definition) is 2. The number of methoxy groups -OCH3 is 1. The van der Waals surface area contributed by atoms with Crippen LogP contribution >= 0.6 is 11.6 Å². The van der Waals surface area contributed by atoms with Crippen LogP contribution in [0.15, 0.2) is 63.2 Å². The van der Waals surface area contributed by atoms with E-state index in [-0.39, 0.29) is 30.3 Å². The Kier molecular flexibility index (Phi) is 7.41. The largest absolute Gasteiger partial charge is 0.497 e. The Labute approximate surface area is 210 Å². The minimum Gasteiger partial charge on any atom is -0.497 e. The van der Waals surface area contributed by atoms with Gasteiger partial charge in [-0.3, -0.25) is 13.9 Å². The minimum absolute atomic E-state index is 0.0515. The number of rotatable bonds is 9. The van der Waals surface area contributed by atoms with E-state index >= 15 is 0 Å². The molecule has 2 heterocycles. The summed E-state index contributed by atoms with van der Waals surface area (Å²) in [5.74, 6) is 1.39. The number of hydrazone groups is 1. The van der Waals surface area contributed by atoms with E-state index in [2.05, 4.69) is 15.5 Å². The molecule has 0 saturated heterocycles. The Morgan fingerprint density at radius 1 is 1.11 bits per heavy atom. The summed E-state index contributed by atoms with van der Waals surface area (Å²) in [6, 6.07) is 14.1. The lowest BCUT2D eigenvalue weighted by Crippen LogP contribution is -2.38. The molecule has 2 aromatic carbocycles. The number of fused-ring (bicyclic) bond motifs is 1. The predicted octanol–water partition coefficient (Wildman–Crippen LogP) is 1.98. The first-order valence-electron chi connectivity index (χ1n) is 10.9. The second-order valence-electron chi connectivity index (χ2n) is 7.96. The van der Waals surface area contributed by atoms with Crippen LogP contribution in [0, 0.1) is 0 Å². The summed E-state index contributed by atoms with van der Waals surface area (Å²) >= 11 is 6.17. The third-order valence-corrected chi connectivity index (χ3v) is 5.86. The van der Waals surface area contributed by atoms with Gasteiger partial charge in [0.05, 0.1) is 19.9 Å². The van der Waals surface area contributed by atoms with E-state index in [9.17, 15) is 14.7 Å². The molecule has 0 bridgehead atoms. The molecule has 0 aliphatic rings. The van der Waals surface area contributed by atoms with Crippen LogP contribution in [-0.2, 0) is 20.6 Å². The average molecular weight is 513 g/mol. The van der Waals surface area contributed by atoms with Crippen molar-refractivity contribution >= 4 is 34.9 Å². The maximum Gasteiger partial charge on any atom is 0.332 e. The molecule has 1 atom stereocenters. The van der Waals surface area contributed by atoms with Crippen molar-refractivity contribution in [3.63, 3.8) is 0 Å². The molecule has 4 rings (SSSR count). The summed E-state index contributed by atoms with van der Waals surface area (Å²) in [6.07, 6.45) is 0.492. The number of halogens is 1. The Hall–Kier alpha value is -4.09. The van der Waals surface area contributed by atoms with Crippen molar-refractivity contribution < 1.29 is 14.6 Å². The van der Waals surface area contributed by atoms with E-state index in [0.717, 1.165) is 4.57 Å². The molecule has 0 amide bonds. The van der Waals surface area contributed by atoms with Crippen molar-refractivity contribution in [1.29, 1.82) is 0 Å². The third kappa shape index (κ3) is 5.11. The zero-order valence-electron chi connectivity index (χ0n) is 19.9. The highest BCUT2D eigenvalue weighted by molar-refractivity contribution is 6.33. The zero-order valence-corrected chi connectivity index (χ0v) is 20.6. The maximum atomic E-state index is 13.0. The van der Waals surface area contributed by atoms with Gasteiger partial charge < -0.3 is 19.1 Å². The third-order valence-electron chi connectivity index (χ3n) is 5.52. The fraction of sp³-hybridized carbons (Fsp3) is 0.250. The molecule has 1 unspecified atom stereocenters. The molecule has 11 nitrogen and oxygen atoms in total. The smallest absolute Gasteiger partial charge is 0.332 e. The Balaban J connectivity index is 1.64. The number of aliphatic hydroxyl groups excluding tert-OH is 1. The van der Waals surface area contributed by atoms with Gasteiger partial charge in [0.25, 0.3) is 5.56 Å². The second-order valence-corrected chi connectivity index (χ2v) is 8.36. The summed E-state index contributed by atoms with van der Waals surface area (Å²) in [5.41, 5.74) is 2.69. The van der Waals surface area contributed by atoms with Gasteiger partial charge in [0.15, 0.2) is 11.2 Å². The molecular formula is C24H25ClN6O5. The van der Waals surface area contributed by atoms with Gasteiger partial charge in [-0.2, -0.15) is 10.1 Å². The van der Waals surface area contributed by atoms with E-state index in [1.165, 1.54) is 29.4 Å². The van der Waals surface area contributed by atoms with Gasteiger partial charge in [0.2, 0.25) is 5.95 Å². The summed E-state index contributed by atoms with van der Waals surface area (Å²) in [7, 11) is 4.47. The lowest BCUT2D eigenvalue weighted by molar-refractivity contribution is 0.0938. The SMILES string of the molecule is COc1ccc(OCC(O)Cn2c(N/N=C/c3ccccc3Cl)nc3c2c(=O)n(C)c(=O)n3C)cc1. The topological polar surface area (TPSA) is 125 Å². The number of benzene rings is 2. The maximum absolute atomic E-state index is 13.0. The lowest BCUT2D eigenvalue weighted by atomic mass is 10.2. The van der Waals surface area contributed by atoms with Gasteiger partial charge in [0, 0.05) is 24.7 Å². The van der Waals surface area contributed by atoms with Crippen LogP contribution in [0.2, 0.25) is 5.02 Å². The van der Waals surface area contributed by atoms with Crippen molar-refractivity contribution in [3.8, 4) is 11.5 Å². The van der Waals surface area contributed by atoms with Gasteiger partial charge in [-0.1, -0.05) is 29.8 Å². The molecule has 0 radical (unpaired) electrons. The minimum atomic E-state index is -1.01. The van der Waals surface area contributed by atoms with Crippen molar-refractivity contribution in [2.24, 2.45) is 19.2 Å². The number of nitrogens with zero attached hydrogens (tertiary/aromatic N) is 5. The van der Waals surface area contributed by atoms with Crippen molar-refractivity contribution in [2.45, 2.75) is 12.6 Å². The molecule has 0 fully saturated rings. The van der Waals surface area contributed by atoms with E-state index in [0.29, 0.717) is 22.1 Å². The summed E-state index contributed by atoms with van der Waals surface area (Å²) < 4.78 is 14.5. The lowest BCUT2D eigenvalue weighted by Gasteiger charge is -2.15. The molecule has 0 aliphatic heterocycles. The van der Waals surface area contributed by atoms with Crippen molar-refractivity contribution in [2.75, 3.05) is 19.1 Å². The predicted molar refractivity (Wildman–Crippen MR) is 137 cm³/mol. The van der Waals surface area contributed by atoms with Gasteiger partial charge >= 0.3 is 5.69 Å². The molecule has 2 aromatic heterocycles. The number of imidazole rings is 1. The summed E-state index contributed by atoms with van der Waals surface area (Å²) in [4.78, 5) is 29.8. The van der Waals surface area contributed by atoms with Gasteiger partial charge in [0.1, 0.15) is 24.2 Å². The number of ether oxygens (including phenoxy) is 2. The highest BCUT2D eigenvalue weighted by atomic mass is 35.5. The molecule has 0 spiro atoms. The first-order valence-corrected chi connectivity index (χ1v) is 11.3. The van der Waals surface area contributed by atoms with Gasteiger partial charge in [-0.15, -0.1) is 0 Å². The molecule has 36 heavy (non-hydrogen) atoms. The molecular weight excluding hydrogens is 488 g/mol. The molecule has 0 saturated carbocycles. The number of aryl methyl sites for hydroxylation is 1. The number of hydrogen-bond acceptors (Lipinski definition) is 8. The van der Waals surface area contributed by atoms with Crippen LogP contribution < -0.4 is 26.1 Å². The molecule has 0 aliphatic carbocycles. The monoisotopic (exact) mass is 512 g/mol. The second kappa shape index (κ2) is 10.7. The van der Waals surface area contributed by atoms with E-state index in [4.69, 9.17) is 21.1 Å². The van der Waals surface area contributed by atoms with Crippen LogP contribution in [-0.4, -0.2) is 49.8 Å². The molecule has 188 valence electrons. The standard InChI is InChI=1S/C24H25ClN6O5/c1-29-21-20(22(33)30(2)24(29)34)31(13-16(32)14-36-18-10-8-17(35-3)9-11-18)23(27-21)28-26-12-15-6-4-5-7-19(15)25/h4-12,16,32H,13-14H2,1-3H3,(H,27,28)/b26-12+. The van der Waals surface area contributed by atoms with Crippen LogP contribution in [0.5, 0.6) is 11.5 Å². The van der Waals surface area contributed by atoms with Crippen LogP contribution in [0.4, 0.5) is 5.95 Å². The average Bonchev–Trinajstić information content (AvgIpc) is 3.24. The highest BCUT2D eigenvalue weighted by Gasteiger charge is 2.21. The summed E-state index contributed by atoms with van der Waals surface area (Å²) in [6.45, 7) is -0.107. The Bertz CT molecular complexity index is 1520. The van der Waals surface area contributed by atoms with Crippen LogP contribution in [0.1, 0.15) is 5.56 Å². The Morgan fingerprint density at radius 2 is 1.81 bits per heavy atom. The fourth-order valence-electron chi connectivity index (χ4n) is 3.58. The van der Waals surface area contributed by atoms with Gasteiger partial charge in [-0.25, -0.2) is 10.2 Å². The highest BCUT2D eigenvalue weighted by Crippen LogP contribution is 2.19. The van der Waals surface area contributed by atoms with Crippen LogP contribution in [0.25, 0.3) is 11.2 Å². The summed E-state index contributed by atoms with van der Waals surface area (Å²) in [5, 5.41) is 15.4. The van der Waals surface area contributed by atoms with Crippen molar-refractivity contribution in [1.82, 2.24) is 18.7 Å². The molecule has 12 heteroatoms. The van der Waals surface area contributed by atoms with E-state index in [1.54, 1.807) is 49.6 Å². The van der Waals surface area contributed by atoms with Crippen molar-refractivity contribution in [3.05, 3.63) is 80.0 Å². The number of aromatic nitrogens is 4. The molecule has 4 aromatic rings.